The lowest BCUT2D eigenvalue weighted by Gasteiger charge is -2.18. The number of ether oxygens (including phenoxy) is 1. The quantitative estimate of drug-likeness (QED) is 0.108. The van der Waals surface area contributed by atoms with Gasteiger partial charge in [0, 0.05) is 18.0 Å². The maximum Gasteiger partial charge on any atom is 0.348 e. The van der Waals surface area contributed by atoms with Gasteiger partial charge in [-0.25, -0.2) is 19.2 Å². The number of halogens is 1. The topological polar surface area (TPSA) is 52.1 Å². The highest BCUT2D eigenvalue weighted by molar-refractivity contribution is 5.82. The summed E-state index contributed by atoms with van der Waals surface area (Å²) in [5, 5.41) is 0. The van der Waals surface area contributed by atoms with Crippen LogP contribution in [0, 0.1) is 0 Å². The highest BCUT2D eigenvalue weighted by Gasteiger charge is 2.34. The molecule has 3 aromatic rings. The maximum atomic E-state index is 14.9. The van der Waals surface area contributed by atoms with Gasteiger partial charge < -0.3 is 4.74 Å². The van der Waals surface area contributed by atoms with Crippen molar-refractivity contribution in [3.8, 4) is 28.3 Å². The van der Waals surface area contributed by atoms with Crippen molar-refractivity contribution in [1.29, 1.82) is 0 Å². The summed E-state index contributed by atoms with van der Waals surface area (Å²) in [5.74, 6) is 0.184. The van der Waals surface area contributed by atoms with Crippen molar-refractivity contribution in [2.24, 2.45) is 0 Å². The van der Waals surface area contributed by atoms with Crippen LogP contribution in [0.25, 0.3) is 22.5 Å². The Kier molecular flexibility index (Phi) is 11.9. The first-order chi connectivity index (χ1) is 18.4. The second kappa shape index (κ2) is 15.4. The third kappa shape index (κ3) is 9.04. The second-order valence-corrected chi connectivity index (χ2v) is 10.4. The number of benzene rings is 2. The van der Waals surface area contributed by atoms with E-state index in [2.05, 4.69) is 23.8 Å². The lowest BCUT2D eigenvalue weighted by Crippen LogP contribution is -2.34. The smallest absolute Gasteiger partial charge is 0.348 e. The SMILES string of the molecule is CCCCCCCc1cnc(-c2ccccc2-c2ccc(OC(=O)C(C)(F)CCCCCCC)cc2)nc1. The number of hydrogen-bond acceptors (Lipinski definition) is 4. The predicted octanol–water partition coefficient (Wildman–Crippen LogP) is 9.32. The molecule has 4 nitrogen and oxygen atoms in total. The normalized spacial score (nSPS) is 12.7. The molecule has 0 amide bonds. The fourth-order valence-corrected chi connectivity index (χ4v) is 4.56. The van der Waals surface area contributed by atoms with E-state index >= 15 is 0 Å². The predicted molar refractivity (Wildman–Crippen MR) is 154 cm³/mol. The molecule has 0 saturated carbocycles. The molecule has 1 unspecified atom stereocenters. The average molecular weight is 519 g/mol. The Morgan fingerprint density at radius 2 is 1.37 bits per heavy atom. The zero-order valence-electron chi connectivity index (χ0n) is 23.3. The number of unbranched alkanes of at least 4 members (excludes halogenated alkanes) is 8. The van der Waals surface area contributed by atoms with Gasteiger partial charge in [0.15, 0.2) is 5.82 Å². The Hall–Kier alpha value is -3.08. The van der Waals surface area contributed by atoms with Crippen LogP contribution in [0.15, 0.2) is 60.9 Å². The maximum absolute atomic E-state index is 14.9. The van der Waals surface area contributed by atoms with Gasteiger partial charge in [-0.15, -0.1) is 0 Å². The number of nitrogens with zero attached hydrogens (tertiary/aromatic N) is 2. The first-order valence-electron chi connectivity index (χ1n) is 14.4. The van der Waals surface area contributed by atoms with Gasteiger partial charge in [-0.2, -0.15) is 0 Å². The summed E-state index contributed by atoms with van der Waals surface area (Å²) in [6.07, 6.45) is 16.2. The summed E-state index contributed by atoms with van der Waals surface area (Å²) in [6.45, 7) is 5.69. The van der Waals surface area contributed by atoms with E-state index in [0.29, 0.717) is 18.0 Å². The van der Waals surface area contributed by atoms with Crippen LogP contribution in [-0.4, -0.2) is 21.6 Å². The number of carbonyl (C=O) groups excluding carboxylic acids is 1. The number of aryl methyl sites for hydroxylation is 1. The number of alkyl halides is 1. The van der Waals surface area contributed by atoms with Gasteiger partial charge in [0.05, 0.1) is 0 Å². The monoisotopic (exact) mass is 518 g/mol. The van der Waals surface area contributed by atoms with E-state index in [-0.39, 0.29) is 6.42 Å². The van der Waals surface area contributed by atoms with Crippen molar-refractivity contribution >= 4 is 5.97 Å². The van der Waals surface area contributed by atoms with Crippen LogP contribution in [0.4, 0.5) is 4.39 Å². The fourth-order valence-electron chi connectivity index (χ4n) is 4.56. The van der Waals surface area contributed by atoms with Crippen molar-refractivity contribution in [3.05, 3.63) is 66.5 Å². The average Bonchev–Trinajstić information content (AvgIpc) is 2.93. The van der Waals surface area contributed by atoms with E-state index in [9.17, 15) is 9.18 Å². The van der Waals surface area contributed by atoms with Crippen LogP contribution in [0.2, 0.25) is 0 Å². The lowest BCUT2D eigenvalue weighted by molar-refractivity contribution is -0.147. The van der Waals surface area contributed by atoms with Crippen LogP contribution < -0.4 is 4.74 Å². The van der Waals surface area contributed by atoms with Gasteiger partial charge in [-0.05, 0) is 61.4 Å². The zero-order chi connectivity index (χ0) is 27.2. The molecule has 38 heavy (non-hydrogen) atoms. The highest BCUT2D eigenvalue weighted by atomic mass is 19.1. The van der Waals surface area contributed by atoms with E-state index in [0.717, 1.165) is 60.8 Å². The number of rotatable bonds is 16. The Labute approximate surface area is 228 Å². The summed E-state index contributed by atoms with van der Waals surface area (Å²) in [4.78, 5) is 21.8. The number of aromatic nitrogens is 2. The molecule has 0 spiro atoms. The van der Waals surface area contributed by atoms with Crippen molar-refractivity contribution in [2.45, 2.75) is 103 Å². The Balaban J connectivity index is 1.62. The fraction of sp³-hybridized carbons (Fsp3) is 0.485. The van der Waals surface area contributed by atoms with Crippen molar-refractivity contribution < 1.29 is 13.9 Å². The van der Waals surface area contributed by atoms with Gasteiger partial charge in [-0.1, -0.05) is 102 Å². The van der Waals surface area contributed by atoms with Crippen LogP contribution in [0.5, 0.6) is 5.75 Å². The second-order valence-electron chi connectivity index (χ2n) is 10.4. The Bertz CT molecular complexity index is 1110. The molecule has 3 rings (SSSR count). The van der Waals surface area contributed by atoms with Crippen LogP contribution in [-0.2, 0) is 11.2 Å². The molecule has 1 aromatic heterocycles. The molecule has 1 heterocycles. The lowest BCUT2D eigenvalue weighted by atomic mass is 9.98. The summed E-state index contributed by atoms with van der Waals surface area (Å²) < 4.78 is 20.3. The molecule has 5 heteroatoms. The number of esters is 1. The zero-order valence-corrected chi connectivity index (χ0v) is 23.3. The summed E-state index contributed by atoms with van der Waals surface area (Å²) in [6, 6.07) is 15.2. The number of carbonyl (C=O) groups is 1. The van der Waals surface area contributed by atoms with Crippen LogP contribution in [0.3, 0.4) is 0 Å². The molecule has 0 fully saturated rings. The van der Waals surface area contributed by atoms with Gasteiger partial charge in [0.25, 0.3) is 0 Å². The standard InChI is InChI=1S/C33H43FN2O2/c1-4-6-8-10-12-16-26-24-35-31(36-25-26)30-18-14-13-17-29(30)27-19-21-28(22-20-27)38-32(37)33(3,34)23-15-11-9-7-5-2/h13-14,17-22,24-25H,4-12,15-16,23H2,1-3H3. The van der Waals surface area contributed by atoms with Gasteiger partial charge in [0.2, 0.25) is 5.67 Å². The molecule has 1 atom stereocenters. The minimum Gasteiger partial charge on any atom is -0.424 e. The molecule has 204 valence electrons. The molecule has 0 N–H and O–H groups in total. The summed E-state index contributed by atoms with van der Waals surface area (Å²) in [7, 11) is 0. The third-order valence-electron chi connectivity index (χ3n) is 6.99. The van der Waals surface area contributed by atoms with Gasteiger partial charge in [-0.3, -0.25) is 0 Å². The van der Waals surface area contributed by atoms with Crippen molar-refractivity contribution in [1.82, 2.24) is 9.97 Å². The van der Waals surface area contributed by atoms with E-state index in [1.165, 1.54) is 32.6 Å². The first kappa shape index (κ1) is 29.5. The van der Waals surface area contributed by atoms with E-state index < -0.39 is 11.6 Å². The van der Waals surface area contributed by atoms with Gasteiger partial charge in [0.1, 0.15) is 5.75 Å². The summed E-state index contributed by atoms with van der Waals surface area (Å²) >= 11 is 0. The molecule has 0 aliphatic heterocycles. The van der Waals surface area contributed by atoms with E-state index in [1.54, 1.807) is 12.1 Å². The first-order valence-corrected chi connectivity index (χ1v) is 14.4. The Morgan fingerprint density at radius 3 is 2.00 bits per heavy atom. The van der Waals surface area contributed by atoms with Gasteiger partial charge >= 0.3 is 5.97 Å². The Morgan fingerprint density at radius 1 is 0.789 bits per heavy atom. The van der Waals surface area contributed by atoms with Crippen molar-refractivity contribution in [2.75, 3.05) is 0 Å². The van der Waals surface area contributed by atoms with Crippen molar-refractivity contribution in [3.63, 3.8) is 0 Å². The molecule has 0 aliphatic carbocycles. The molecule has 0 bridgehead atoms. The largest absolute Gasteiger partial charge is 0.424 e. The molecular weight excluding hydrogens is 475 g/mol. The number of hydrogen-bond donors (Lipinski definition) is 0. The minimum atomic E-state index is -1.99. The molecule has 0 radical (unpaired) electrons. The third-order valence-corrected chi connectivity index (χ3v) is 6.99. The van der Waals surface area contributed by atoms with E-state index in [1.807, 2.05) is 48.8 Å². The molecular formula is C33H43FN2O2. The highest BCUT2D eigenvalue weighted by Crippen LogP contribution is 2.32. The molecule has 2 aromatic carbocycles. The molecule has 0 aliphatic rings. The van der Waals surface area contributed by atoms with E-state index in [4.69, 9.17) is 4.74 Å². The van der Waals surface area contributed by atoms with Crippen LogP contribution >= 0.6 is 0 Å². The minimum absolute atomic E-state index is 0.179. The molecule has 0 saturated heterocycles. The summed E-state index contributed by atoms with van der Waals surface area (Å²) in [5.41, 5.74) is 2.04. The van der Waals surface area contributed by atoms with Crippen LogP contribution in [0.1, 0.15) is 97.0 Å².